The second-order valence-corrected chi connectivity index (χ2v) is 21.2. The topological polar surface area (TPSA) is 264 Å². The Labute approximate surface area is 449 Å². The summed E-state index contributed by atoms with van der Waals surface area (Å²) in [6, 6.07) is 4.51. The van der Waals surface area contributed by atoms with Gasteiger partial charge in [-0.05, 0) is 82.7 Å². The molecule has 0 fully saturated rings. The van der Waals surface area contributed by atoms with E-state index in [0.29, 0.717) is 41.9 Å². The number of rotatable bonds is 30. The molecule has 1 aromatic carbocycles. The largest absolute Gasteiger partial charge is 0.455 e. The molecule has 3 heterocycles. The molecule has 20 nitrogen and oxygen atoms in total. The molecule has 414 valence electrons. The van der Waals surface area contributed by atoms with Crippen LogP contribution in [0, 0.1) is 17.8 Å². The van der Waals surface area contributed by atoms with Gasteiger partial charge in [0.1, 0.15) is 16.5 Å². The number of carbonyl (C=O) groups is 10. The van der Waals surface area contributed by atoms with E-state index in [1.54, 1.807) is 29.5 Å². The standard InChI is InChI=1S/C54H75N7O11S.CO2/c1-12-16-38(27-36-19-20-37(29-39(63)17-14-25-60-47(66)21-22-48(60)67)41(28-36)56-46(65)18-15-26-61-49(68)23-24-50(61)69)55-51(70)42-32-73-52(57-42)44(72-35(6)62)31-43(33(3)4)59(11)53(71)40(34(5)13-2)30-45(64)54(7,8)58(9)10;2-1-3/h19-24,28,32-34,38,40,43-44H,12-18,25-27,29-31H2,1-11H3,(H,55,70)(H,56,65);/t34-,38+,40-,43+,44+;/m0./s1. The highest BCUT2D eigenvalue weighted by Crippen LogP contribution is 2.33. The van der Waals surface area contributed by atoms with Gasteiger partial charge in [0.2, 0.25) is 11.8 Å². The van der Waals surface area contributed by atoms with E-state index in [2.05, 4.69) is 15.6 Å². The van der Waals surface area contributed by atoms with Crippen molar-refractivity contribution in [3.8, 4) is 0 Å². The quantitative estimate of drug-likeness (QED) is 0.0713. The fourth-order valence-corrected chi connectivity index (χ4v) is 9.60. The van der Waals surface area contributed by atoms with Crippen molar-refractivity contribution in [1.82, 2.24) is 29.9 Å². The van der Waals surface area contributed by atoms with Crippen LogP contribution in [0.3, 0.4) is 0 Å². The molecule has 1 aromatic heterocycles. The minimum atomic E-state index is -0.883. The van der Waals surface area contributed by atoms with Gasteiger partial charge in [0.25, 0.3) is 29.5 Å². The molecular formula is C55H75N7O13S. The van der Waals surface area contributed by atoms with Crippen LogP contribution < -0.4 is 10.6 Å². The highest BCUT2D eigenvalue weighted by Gasteiger charge is 2.39. The van der Waals surface area contributed by atoms with E-state index < -0.39 is 71.1 Å². The molecule has 4 rings (SSSR count). The Bertz CT molecular complexity index is 2510. The van der Waals surface area contributed by atoms with Crippen molar-refractivity contribution in [2.45, 2.75) is 150 Å². The van der Waals surface area contributed by atoms with Crippen LogP contribution in [-0.2, 0) is 70.3 Å². The molecule has 0 saturated carbocycles. The predicted octanol–water partition coefficient (Wildman–Crippen LogP) is 5.60. The number of anilines is 1. The number of thiazole rings is 1. The Morgan fingerprint density at radius 1 is 0.855 bits per heavy atom. The Hall–Kier alpha value is -6.83. The minimum absolute atomic E-state index is 0.0210. The molecule has 0 bridgehead atoms. The monoisotopic (exact) mass is 1070 g/mol. The molecule has 0 radical (unpaired) electrons. The van der Waals surface area contributed by atoms with E-state index in [0.717, 1.165) is 15.4 Å². The number of aromatic nitrogens is 1. The second kappa shape index (κ2) is 30.0. The Morgan fingerprint density at radius 2 is 1.42 bits per heavy atom. The summed E-state index contributed by atoms with van der Waals surface area (Å²) >= 11 is 1.17. The lowest BCUT2D eigenvalue weighted by atomic mass is 9.81. The number of benzene rings is 1. The van der Waals surface area contributed by atoms with E-state index in [-0.39, 0.29) is 99.2 Å². The molecular weight excluding hydrogens is 999 g/mol. The molecule has 0 spiro atoms. The number of hydrogen-bond acceptors (Lipinski definition) is 16. The van der Waals surface area contributed by atoms with Crippen LogP contribution in [0.1, 0.15) is 146 Å². The van der Waals surface area contributed by atoms with Crippen molar-refractivity contribution >= 4 is 82.1 Å². The predicted molar refractivity (Wildman–Crippen MR) is 282 cm³/mol. The lowest BCUT2D eigenvalue weighted by Gasteiger charge is -2.38. The number of nitrogens with one attached hydrogen (secondary N) is 2. The molecule has 0 unspecified atom stereocenters. The number of Topliss-reactive ketones (excluding diaryl/α,β-unsaturated/α-hetero) is 2. The first kappa shape index (κ1) is 63.5. The van der Waals surface area contributed by atoms with Crippen LogP contribution in [0.5, 0.6) is 0 Å². The number of amides is 7. The number of imide groups is 2. The molecule has 2 aliphatic rings. The summed E-state index contributed by atoms with van der Waals surface area (Å²) in [6.07, 6.45) is 7.19. The first-order valence-electron chi connectivity index (χ1n) is 25.7. The first-order valence-corrected chi connectivity index (χ1v) is 26.6. The van der Waals surface area contributed by atoms with Crippen molar-refractivity contribution in [2.24, 2.45) is 17.8 Å². The normalized spacial score (nSPS) is 15.2. The molecule has 21 heteroatoms. The molecule has 2 N–H and O–H groups in total. The lowest BCUT2D eigenvalue weighted by molar-refractivity contribution is -0.192. The van der Waals surface area contributed by atoms with E-state index in [1.807, 2.05) is 73.5 Å². The van der Waals surface area contributed by atoms with Gasteiger partial charge in [-0.3, -0.25) is 62.6 Å². The number of hydrogen-bond donors (Lipinski definition) is 2. The SMILES string of the molecule is CCC[C@H](Cc1ccc(CC(=O)CCCN2C(=O)C=CC2=O)c(NC(=O)CCCN2C(=O)C=CC2=O)c1)NC(=O)c1csc([C@@H](C[C@H](C(C)C)N(C)C(=O)[C@@H](CC(=O)C(C)(C)N(C)C)[C@@H](C)CC)OC(C)=O)n1.O=C=O. The average molecular weight is 1070 g/mol. The van der Waals surface area contributed by atoms with Gasteiger partial charge < -0.3 is 20.3 Å². The summed E-state index contributed by atoms with van der Waals surface area (Å²) in [5, 5.41) is 8.00. The third kappa shape index (κ3) is 18.5. The maximum absolute atomic E-state index is 14.4. The van der Waals surface area contributed by atoms with Crippen LogP contribution in [0.25, 0.3) is 0 Å². The highest BCUT2D eigenvalue weighted by molar-refractivity contribution is 7.09. The zero-order chi connectivity index (χ0) is 57.0. The summed E-state index contributed by atoms with van der Waals surface area (Å²) in [5.74, 6) is -4.25. The van der Waals surface area contributed by atoms with Crippen molar-refractivity contribution in [3.63, 3.8) is 0 Å². The Morgan fingerprint density at radius 3 is 1.93 bits per heavy atom. The van der Waals surface area contributed by atoms with Crippen molar-refractivity contribution < 1.29 is 62.3 Å². The fourth-order valence-electron chi connectivity index (χ4n) is 8.76. The molecule has 7 amide bonds. The Kier molecular flexibility index (Phi) is 25.1. The van der Waals surface area contributed by atoms with Gasteiger partial charge in [0.15, 0.2) is 11.9 Å². The summed E-state index contributed by atoms with van der Waals surface area (Å²) in [5.41, 5.74) is 1.01. The molecule has 0 saturated heterocycles. The number of nitrogens with zero attached hydrogens (tertiary/aromatic N) is 5. The van der Waals surface area contributed by atoms with Crippen molar-refractivity contribution in [1.29, 1.82) is 0 Å². The maximum Gasteiger partial charge on any atom is 0.373 e. The van der Waals surface area contributed by atoms with Gasteiger partial charge in [0, 0.05) is 113 Å². The minimum Gasteiger partial charge on any atom is -0.455 e. The van der Waals surface area contributed by atoms with Gasteiger partial charge in [0.05, 0.1) is 5.54 Å². The number of carbonyl (C=O) groups excluding carboxylic acids is 12. The smallest absolute Gasteiger partial charge is 0.373 e. The molecule has 76 heavy (non-hydrogen) atoms. The third-order valence-electron chi connectivity index (χ3n) is 14.0. The summed E-state index contributed by atoms with van der Waals surface area (Å²) in [4.78, 5) is 156. The fraction of sp³-hybridized carbons (Fsp3) is 0.564. The zero-order valence-corrected chi connectivity index (χ0v) is 46.5. The van der Waals surface area contributed by atoms with Gasteiger partial charge in [-0.1, -0.05) is 59.6 Å². The van der Waals surface area contributed by atoms with Gasteiger partial charge >= 0.3 is 12.1 Å². The molecule has 5 atom stereocenters. The molecule has 2 aliphatic heterocycles. The van der Waals surface area contributed by atoms with Crippen molar-refractivity contribution in [2.75, 3.05) is 39.5 Å². The number of ether oxygens (including phenoxy) is 1. The molecule has 0 aliphatic carbocycles. The maximum atomic E-state index is 14.4. The zero-order valence-electron chi connectivity index (χ0n) is 45.7. The first-order chi connectivity index (χ1) is 35.8. The van der Waals surface area contributed by atoms with Gasteiger partial charge in [-0.25, -0.2) is 4.98 Å². The van der Waals surface area contributed by atoms with Crippen LogP contribution in [0.2, 0.25) is 0 Å². The lowest BCUT2D eigenvalue weighted by Crippen LogP contribution is -2.50. The van der Waals surface area contributed by atoms with Crippen LogP contribution in [0.15, 0.2) is 47.9 Å². The average Bonchev–Trinajstić information content (AvgIpc) is 4.07. The van der Waals surface area contributed by atoms with E-state index in [1.165, 1.54) is 42.6 Å². The summed E-state index contributed by atoms with van der Waals surface area (Å²) in [7, 11) is 5.40. The van der Waals surface area contributed by atoms with Crippen LogP contribution in [0.4, 0.5) is 5.69 Å². The van der Waals surface area contributed by atoms with Crippen LogP contribution in [-0.4, -0.2) is 141 Å². The van der Waals surface area contributed by atoms with Crippen molar-refractivity contribution in [3.05, 3.63) is 69.7 Å². The second-order valence-electron chi connectivity index (χ2n) is 20.3. The number of ketones is 2. The van der Waals surface area contributed by atoms with E-state index in [4.69, 9.17) is 14.3 Å². The van der Waals surface area contributed by atoms with E-state index >= 15 is 0 Å². The summed E-state index contributed by atoms with van der Waals surface area (Å²) in [6.45, 7) is 15.1. The van der Waals surface area contributed by atoms with Gasteiger partial charge in [-0.15, -0.1) is 11.3 Å². The van der Waals surface area contributed by atoms with Crippen LogP contribution >= 0.6 is 11.3 Å². The number of likely N-dealkylation sites (N-methyl/N-ethyl adjacent to an activating group) is 1. The molecule has 2 aromatic rings. The highest BCUT2D eigenvalue weighted by atomic mass is 32.1. The number of esters is 1. The van der Waals surface area contributed by atoms with E-state index in [9.17, 15) is 47.9 Å². The third-order valence-corrected chi connectivity index (χ3v) is 14.9. The van der Waals surface area contributed by atoms with Gasteiger partial charge in [-0.2, -0.15) is 9.59 Å². The Balaban J connectivity index is 0.00000495. The summed E-state index contributed by atoms with van der Waals surface area (Å²) < 4.78 is 5.85.